The van der Waals surface area contributed by atoms with Gasteiger partial charge in [0.05, 0.1) is 0 Å². The standard InChI is InChI=1S/C7H8N2/c1-2-6-3-5-9-7(6)8-4-1/h1-5,7-9H. The molecular weight excluding hydrogens is 112 g/mol. The molecule has 0 aromatic rings. The van der Waals surface area contributed by atoms with Crippen molar-refractivity contribution in [2.45, 2.75) is 6.17 Å². The Morgan fingerprint density at radius 3 is 3.00 bits per heavy atom. The Morgan fingerprint density at radius 1 is 1.22 bits per heavy atom. The van der Waals surface area contributed by atoms with E-state index in [0.29, 0.717) is 6.17 Å². The molecule has 0 spiro atoms. The zero-order valence-corrected chi connectivity index (χ0v) is 4.96. The summed E-state index contributed by atoms with van der Waals surface area (Å²) in [6, 6.07) is 0. The molecule has 0 aliphatic carbocycles. The third kappa shape index (κ3) is 0.633. The highest BCUT2D eigenvalue weighted by molar-refractivity contribution is 5.35. The summed E-state index contributed by atoms with van der Waals surface area (Å²) in [6.07, 6.45) is 10.4. The molecular formula is C7H8N2. The number of rotatable bonds is 0. The van der Waals surface area contributed by atoms with Crippen molar-refractivity contribution in [1.82, 2.24) is 10.6 Å². The van der Waals surface area contributed by atoms with E-state index in [2.05, 4.69) is 22.8 Å². The molecule has 1 atom stereocenters. The van der Waals surface area contributed by atoms with E-state index in [1.807, 2.05) is 18.5 Å². The first-order chi connectivity index (χ1) is 4.47. The van der Waals surface area contributed by atoms with E-state index in [1.54, 1.807) is 0 Å². The maximum atomic E-state index is 3.16. The fourth-order valence-electron chi connectivity index (χ4n) is 1.04. The topological polar surface area (TPSA) is 24.1 Å². The first-order valence-corrected chi connectivity index (χ1v) is 3.02. The second-order valence-corrected chi connectivity index (χ2v) is 2.13. The fourth-order valence-corrected chi connectivity index (χ4v) is 1.04. The second-order valence-electron chi connectivity index (χ2n) is 2.13. The monoisotopic (exact) mass is 120 g/mol. The molecule has 0 aromatic heterocycles. The van der Waals surface area contributed by atoms with Gasteiger partial charge in [-0.15, -0.1) is 0 Å². The summed E-state index contributed by atoms with van der Waals surface area (Å²) in [5.41, 5.74) is 1.30. The van der Waals surface area contributed by atoms with Gasteiger partial charge in [0.2, 0.25) is 0 Å². The van der Waals surface area contributed by atoms with Gasteiger partial charge in [0, 0.05) is 0 Å². The molecule has 0 saturated carbocycles. The van der Waals surface area contributed by atoms with Crippen LogP contribution in [0.1, 0.15) is 0 Å². The molecule has 0 amide bonds. The molecule has 2 heteroatoms. The van der Waals surface area contributed by atoms with Crippen LogP contribution in [0.25, 0.3) is 0 Å². The van der Waals surface area contributed by atoms with Crippen LogP contribution < -0.4 is 10.6 Å². The Morgan fingerprint density at radius 2 is 2.11 bits per heavy atom. The highest BCUT2D eigenvalue weighted by Gasteiger charge is 2.13. The van der Waals surface area contributed by atoms with Gasteiger partial charge in [0.25, 0.3) is 0 Å². The lowest BCUT2D eigenvalue weighted by Crippen LogP contribution is -2.35. The summed E-state index contributed by atoms with van der Waals surface area (Å²) in [7, 11) is 0. The van der Waals surface area contributed by atoms with Crippen molar-refractivity contribution in [3.05, 3.63) is 36.2 Å². The van der Waals surface area contributed by atoms with Crippen LogP contribution in [0.2, 0.25) is 0 Å². The summed E-state index contributed by atoms with van der Waals surface area (Å²) < 4.78 is 0. The van der Waals surface area contributed by atoms with Crippen LogP contribution in [-0.2, 0) is 0 Å². The van der Waals surface area contributed by atoms with Crippen molar-refractivity contribution in [1.29, 1.82) is 0 Å². The van der Waals surface area contributed by atoms with Crippen LogP contribution in [0, 0.1) is 0 Å². The molecule has 0 aromatic carbocycles. The lowest BCUT2D eigenvalue weighted by Gasteiger charge is -2.15. The normalized spacial score (nSPS) is 28.4. The molecule has 2 nitrogen and oxygen atoms in total. The van der Waals surface area contributed by atoms with Gasteiger partial charge in [-0.1, -0.05) is 6.08 Å². The minimum Gasteiger partial charge on any atom is -0.368 e. The van der Waals surface area contributed by atoms with E-state index < -0.39 is 0 Å². The number of hydrogen-bond donors (Lipinski definition) is 2. The van der Waals surface area contributed by atoms with Gasteiger partial charge >= 0.3 is 0 Å². The number of fused-ring (bicyclic) bond motifs is 1. The Hall–Kier alpha value is -1.18. The maximum Gasteiger partial charge on any atom is 0.122 e. The molecule has 0 fully saturated rings. The highest BCUT2D eigenvalue weighted by atomic mass is 15.1. The van der Waals surface area contributed by atoms with Crippen molar-refractivity contribution >= 4 is 0 Å². The predicted molar refractivity (Wildman–Crippen MR) is 36.4 cm³/mol. The molecule has 2 heterocycles. The van der Waals surface area contributed by atoms with Crippen LogP contribution in [0.4, 0.5) is 0 Å². The van der Waals surface area contributed by atoms with E-state index in [0.717, 1.165) is 0 Å². The van der Waals surface area contributed by atoms with Crippen molar-refractivity contribution in [2.24, 2.45) is 0 Å². The van der Waals surface area contributed by atoms with E-state index >= 15 is 0 Å². The fraction of sp³-hybridized carbons (Fsp3) is 0.143. The van der Waals surface area contributed by atoms with Gasteiger partial charge in [-0.05, 0) is 30.1 Å². The Kier molecular flexibility index (Phi) is 0.859. The van der Waals surface area contributed by atoms with Crippen LogP contribution in [0.15, 0.2) is 36.2 Å². The summed E-state index contributed by atoms with van der Waals surface area (Å²) >= 11 is 0. The first-order valence-electron chi connectivity index (χ1n) is 3.02. The Labute approximate surface area is 53.9 Å². The zero-order chi connectivity index (χ0) is 6.10. The zero-order valence-electron chi connectivity index (χ0n) is 4.96. The highest BCUT2D eigenvalue weighted by Crippen LogP contribution is 2.10. The van der Waals surface area contributed by atoms with Crippen LogP contribution in [0.5, 0.6) is 0 Å². The van der Waals surface area contributed by atoms with Gasteiger partial charge in [0.15, 0.2) is 0 Å². The van der Waals surface area contributed by atoms with Gasteiger partial charge in [0.1, 0.15) is 6.17 Å². The van der Waals surface area contributed by atoms with Crippen molar-refractivity contribution in [3.63, 3.8) is 0 Å². The van der Waals surface area contributed by atoms with Crippen LogP contribution in [0.3, 0.4) is 0 Å². The molecule has 2 aliphatic rings. The average Bonchev–Trinajstić information content (AvgIpc) is 2.33. The Bertz CT molecular complexity index is 201. The SMILES string of the molecule is C1=CNC2NC=CC2=C1. The van der Waals surface area contributed by atoms with Crippen molar-refractivity contribution in [2.75, 3.05) is 0 Å². The molecule has 2 rings (SSSR count). The third-order valence-corrected chi connectivity index (χ3v) is 1.52. The van der Waals surface area contributed by atoms with Crippen molar-refractivity contribution in [3.8, 4) is 0 Å². The minimum absolute atomic E-state index is 0.329. The largest absolute Gasteiger partial charge is 0.368 e. The lowest BCUT2D eigenvalue weighted by molar-refractivity contribution is 0.634. The van der Waals surface area contributed by atoms with Crippen molar-refractivity contribution < 1.29 is 0 Å². The molecule has 2 aliphatic heterocycles. The van der Waals surface area contributed by atoms with E-state index in [9.17, 15) is 0 Å². The van der Waals surface area contributed by atoms with Crippen LogP contribution in [-0.4, -0.2) is 6.17 Å². The molecule has 0 radical (unpaired) electrons. The molecule has 0 saturated heterocycles. The smallest absolute Gasteiger partial charge is 0.122 e. The van der Waals surface area contributed by atoms with E-state index in [1.165, 1.54) is 5.57 Å². The number of hydrogen-bond acceptors (Lipinski definition) is 2. The Balaban J connectivity index is 2.31. The van der Waals surface area contributed by atoms with E-state index in [4.69, 9.17) is 0 Å². The number of allylic oxidation sites excluding steroid dienone is 2. The lowest BCUT2D eigenvalue weighted by atomic mass is 10.2. The van der Waals surface area contributed by atoms with Crippen LogP contribution >= 0.6 is 0 Å². The number of dihydropyridines is 1. The summed E-state index contributed by atoms with van der Waals surface area (Å²) in [6.45, 7) is 0. The second kappa shape index (κ2) is 1.65. The molecule has 2 N–H and O–H groups in total. The third-order valence-electron chi connectivity index (χ3n) is 1.52. The summed E-state index contributed by atoms with van der Waals surface area (Å²) in [5, 5.41) is 6.31. The average molecular weight is 120 g/mol. The van der Waals surface area contributed by atoms with Gasteiger partial charge in [-0.2, -0.15) is 0 Å². The quantitative estimate of drug-likeness (QED) is 0.485. The summed E-state index contributed by atoms with van der Waals surface area (Å²) in [5.74, 6) is 0. The van der Waals surface area contributed by atoms with E-state index in [-0.39, 0.29) is 0 Å². The maximum absolute atomic E-state index is 3.16. The summed E-state index contributed by atoms with van der Waals surface area (Å²) in [4.78, 5) is 0. The predicted octanol–water partition coefficient (Wildman–Crippen LogP) is 0.473. The molecule has 9 heavy (non-hydrogen) atoms. The molecule has 0 bridgehead atoms. The van der Waals surface area contributed by atoms with Gasteiger partial charge in [-0.3, -0.25) is 0 Å². The molecule has 1 unspecified atom stereocenters. The van der Waals surface area contributed by atoms with Gasteiger partial charge in [-0.25, -0.2) is 0 Å². The number of nitrogens with one attached hydrogen (secondary N) is 2. The minimum atomic E-state index is 0.329. The van der Waals surface area contributed by atoms with Gasteiger partial charge < -0.3 is 10.6 Å². The first kappa shape index (κ1) is 4.68. The molecule has 46 valence electrons.